The number of nitrogens with one attached hydrogen (secondary N) is 2. The molecule has 0 aliphatic carbocycles. The third kappa shape index (κ3) is 5.57. The van der Waals surface area contributed by atoms with Gasteiger partial charge in [-0.3, -0.25) is 4.79 Å². The van der Waals surface area contributed by atoms with Crippen LogP contribution < -0.4 is 15.4 Å². The van der Waals surface area contributed by atoms with Crippen LogP contribution in [0.4, 0.5) is 5.69 Å². The summed E-state index contributed by atoms with van der Waals surface area (Å²) >= 11 is 0. The number of ether oxygens (including phenoxy) is 1. The molecular weight excluding hydrogens is 377 g/mol. The Morgan fingerprint density at radius 1 is 1.23 bits per heavy atom. The molecule has 3 N–H and O–H groups in total. The summed E-state index contributed by atoms with van der Waals surface area (Å²) in [5, 5.41) is 15.2. The molecule has 142 valence electrons. The van der Waals surface area contributed by atoms with Crippen LogP contribution in [0.2, 0.25) is 0 Å². The van der Waals surface area contributed by atoms with Crippen LogP contribution >= 0.6 is 24.8 Å². The minimum absolute atomic E-state index is 0. The van der Waals surface area contributed by atoms with E-state index in [1.165, 1.54) is 5.56 Å². The summed E-state index contributed by atoms with van der Waals surface area (Å²) in [7, 11) is 0. The zero-order valence-electron chi connectivity index (χ0n) is 14.6. The van der Waals surface area contributed by atoms with Crippen molar-refractivity contribution in [2.24, 2.45) is 0 Å². The first-order chi connectivity index (χ1) is 11.5. The van der Waals surface area contributed by atoms with E-state index in [2.05, 4.69) is 15.6 Å². The van der Waals surface area contributed by atoms with Crippen LogP contribution in [0.1, 0.15) is 17.5 Å². The molecule has 2 aromatic rings. The maximum Gasteiger partial charge on any atom is 0.241 e. The quantitative estimate of drug-likeness (QED) is 0.735. The molecule has 2 heterocycles. The van der Waals surface area contributed by atoms with Gasteiger partial charge < -0.3 is 20.5 Å². The van der Waals surface area contributed by atoms with Crippen molar-refractivity contribution in [3.8, 4) is 11.6 Å². The molecule has 1 aliphatic heterocycles. The summed E-state index contributed by atoms with van der Waals surface area (Å²) in [6.45, 7) is 4.52. The molecule has 0 radical (unpaired) electrons. The highest BCUT2D eigenvalue weighted by Crippen LogP contribution is 2.23. The average molecular weight is 400 g/mol. The zero-order chi connectivity index (χ0) is 17.1. The number of carbonyl (C=O) groups excluding carboxylic acids is 1. The summed E-state index contributed by atoms with van der Waals surface area (Å²) in [5.74, 6) is 1.02. The fourth-order valence-electron chi connectivity index (χ4n) is 2.56. The largest absolute Gasteiger partial charge is 0.439 e. The fraction of sp³-hybridized carbons (Fsp3) is 0.333. The standard InChI is InChI=1S/C18H21N3O3.2ClH/c1-11-3-5-15(7-12(11)2)24-17-6-4-13(9-20-17)21-18(23)16-8-14(22)10-19-16;;/h3-7,9,14,16,19,22H,8,10H2,1-2H3,(H,21,23);2*1H. The Bertz CT molecular complexity index is 741. The number of halogens is 2. The molecule has 1 amide bonds. The Hall–Kier alpha value is -1.86. The number of hydrogen-bond donors (Lipinski definition) is 3. The molecule has 1 aromatic carbocycles. The van der Waals surface area contributed by atoms with Crippen LogP contribution in [0.25, 0.3) is 0 Å². The number of nitrogens with zero attached hydrogens (tertiary/aromatic N) is 1. The smallest absolute Gasteiger partial charge is 0.241 e. The number of hydrogen-bond acceptors (Lipinski definition) is 5. The number of amides is 1. The lowest BCUT2D eigenvalue weighted by Crippen LogP contribution is -2.35. The highest BCUT2D eigenvalue weighted by molar-refractivity contribution is 5.95. The van der Waals surface area contributed by atoms with Crippen LogP contribution in [0.3, 0.4) is 0 Å². The molecule has 8 heteroatoms. The molecule has 6 nitrogen and oxygen atoms in total. The molecule has 1 aromatic heterocycles. The predicted molar refractivity (Wildman–Crippen MR) is 106 cm³/mol. The molecule has 26 heavy (non-hydrogen) atoms. The predicted octanol–water partition coefficient (Wildman–Crippen LogP) is 3.00. The van der Waals surface area contributed by atoms with Gasteiger partial charge in [0.25, 0.3) is 0 Å². The minimum atomic E-state index is -0.465. The normalized spacial score (nSPS) is 18.4. The van der Waals surface area contributed by atoms with Gasteiger partial charge in [0.1, 0.15) is 5.75 Å². The number of rotatable bonds is 4. The van der Waals surface area contributed by atoms with Crippen molar-refractivity contribution < 1.29 is 14.6 Å². The highest BCUT2D eigenvalue weighted by Gasteiger charge is 2.27. The third-order valence-electron chi connectivity index (χ3n) is 4.13. The van der Waals surface area contributed by atoms with E-state index in [4.69, 9.17) is 4.74 Å². The van der Waals surface area contributed by atoms with E-state index in [1.807, 2.05) is 32.0 Å². The number of aliphatic hydroxyl groups excluding tert-OH is 1. The van der Waals surface area contributed by atoms with Crippen LogP contribution in [0, 0.1) is 13.8 Å². The van der Waals surface area contributed by atoms with Gasteiger partial charge in [-0.2, -0.15) is 0 Å². The van der Waals surface area contributed by atoms with E-state index < -0.39 is 6.10 Å². The van der Waals surface area contributed by atoms with Crippen molar-refractivity contribution >= 4 is 36.4 Å². The Morgan fingerprint density at radius 3 is 2.58 bits per heavy atom. The SMILES string of the molecule is Cc1ccc(Oc2ccc(NC(=O)C3CC(O)CN3)cn2)cc1C.Cl.Cl. The molecule has 1 fully saturated rings. The Balaban J connectivity index is 0.00000169. The molecule has 0 spiro atoms. The van der Waals surface area contributed by atoms with Crippen molar-refractivity contribution in [3.63, 3.8) is 0 Å². The van der Waals surface area contributed by atoms with Crippen LogP contribution in [-0.4, -0.2) is 34.7 Å². The summed E-state index contributed by atoms with van der Waals surface area (Å²) in [6, 6.07) is 8.95. The van der Waals surface area contributed by atoms with E-state index in [9.17, 15) is 9.90 Å². The molecule has 3 rings (SSSR count). The number of pyridine rings is 1. The van der Waals surface area contributed by atoms with E-state index in [0.717, 1.165) is 11.3 Å². The van der Waals surface area contributed by atoms with Gasteiger partial charge in [0, 0.05) is 12.6 Å². The number of anilines is 1. The van der Waals surface area contributed by atoms with Crippen LogP contribution in [-0.2, 0) is 4.79 Å². The number of aryl methyl sites for hydroxylation is 2. The first-order valence-corrected chi connectivity index (χ1v) is 7.95. The topological polar surface area (TPSA) is 83.5 Å². The van der Waals surface area contributed by atoms with Gasteiger partial charge in [-0.1, -0.05) is 6.07 Å². The average Bonchev–Trinajstić information content (AvgIpc) is 2.99. The van der Waals surface area contributed by atoms with Gasteiger partial charge in [-0.15, -0.1) is 24.8 Å². The van der Waals surface area contributed by atoms with Gasteiger partial charge in [0.15, 0.2) is 0 Å². The molecule has 0 saturated carbocycles. The lowest BCUT2D eigenvalue weighted by Gasteiger charge is -2.11. The maximum absolute atomic E-state index is 12.1. The third-order valence-corrected chi connectivity index (χ3v) is 4.13. The summed E-state index contributed by atoms with van der Waals surface area (Å²) in [4.78, 5) is 16.3. The van der Waals surface area contributed by atoms with Gasteiger partial charge in [-0.05, 0) is 49.6 Å². The van der Waals surface area contributed by atoms with Crippen molar-refractivity contribution in [1.29, 1.82) is 0 Å². The Kier molecular flexibility index (Phi) is 8.30. The van der Waals surface area contributed by atoms with Crippen LogP contribution in [0.5, 0.6) is 11.6 Å². The summed E-state index contributed by atoms with van der Waals surface area (Å²) in [6.07, 6.45) is 1.51. The van der Waals surface area contributed by atoms with Crippen LogP contribution in [0.15, 0.2) is 36.5 Å². The van der Waals surface area contributed by atoms with Gasteiger partial charge >= 0.3 is 0 Å². The van der Waals surface area contributed by atoms with E-state index >= 15 is 0 Å². The number of β-amino-alcohol motifs (C(OH)–C–C–N with tert-alkyl or cyclic N) is 1. The van der Waals surface area contributed by atoms with Crippen molar-refractivity contribution in [1.82, 2.24) is 10.3 Å². The molecule has 1 saturated heterocycles. The second-order valence-electron chi connectivity index (χ2n) is 6.07. The van der Waals surface area contributed by atoms with Gasteiger partial charge in [-0.25, -0.2) is 4.98 Å². The monoisotopic (exact) mass is 399 g/mol. The van der Waals surface area contributed by atoms with E-state index in [-0.39, 0.29) is 36.8 Å². The molecule has 0 bridgehead atoms. The van der Waals surface area contributed by atoms with Gasteiger partial charge in [0.2, 0.25) is 11.8 Å². The number of carbonyl (C=O) groups is 1. The van der Waals surface area contributed by atoms with E-state index in [1.54, 1.807) is 18.3 Å². The van der Waals surface area contributed by atoms with E-state index in [0.29, 0.717) is 24.5 Å². The minimum Gasteiger partial charge on any atom is -0.439 e. The number of aliphatic hydroxyl groups is 1. The summed E-state index contributed by atoms with van der Waals surface area (Å²) in [5.41, 5.74) is 2.96. The first-order valence-electron chi connectivity index (χ1n) is 7.95. The Labute approximate surface area is 165 Å². The van der Waals surface area contributed by atoms with Crippen molar-refractivity contribution in [2.45, 2.75) is 32.4 Å². The van der Waals surface area contributed by atoms with Gasteiger partial charge in [0.05, 0.1) is 24.0 Å². The Morgan fingerprint density at radius 2 is 2.00 bits per heavy atom. The maximum atomic E-state index is 12.1. The summed E-state index contributed by atoms with van der Waals surface area (Å²) < 4.78 is 5.72. The second-order valence-corrected chi connectivity index (χ2v) is 6.07. The zero-order valence-corrected chi connectivity index (χ0v) is 16.2. The lowest BCUT2D eigenvalue weighted by atomic mass is 10.1. The first kappa shape index (κ1) is 22.2. The molecular formula is C18H23Cl2N3O3. The fourth-order valence-corrected chi connectivity index (χ4v) is 2.56. The highest BCUT2D eigenvalue weighted by atomic mass is 35.5. The second kappa shape index (κ2) is 9.73. The van der Waals surface area contributed by atoms with Crippen molar-refractivity contribution in [2.75, 3.05) is 11.9 Å². The number of benzene rings is 1. The van der Waals surface area contributed by atoms with Crippen molar-refractivity contribution in [3.05, 3.63) is 47.7 Å². The molecule has 2 unspecified atom stereocenters. The molecule has 1 aliphatic rings. The lowest BCUT2D eigenvalue weighted by molar-refractivity contribution is -0.117. The number of aromatic nitrogens is 1. The molecule has 2 atom stereocenters.